The highest BCUT2D eigenvalue weighted by atomic mass is 16.5. The number of rotatable bonds is 7. The van der Waals surface area contributed by atoms with Gasteiger partial charge >= 0.3 is 0 Å². The Kier molecular flexibility index (Phi) is 5.84. The van der Waals surface area contributed by atoms with Gasteiger partial charge in [0.05, 0.1) is 6.61 Å². The monoisotopic (exact) mass is 299 g/mol. The fourth-order valence-corrected chi connectivity index (χ4v) is 2.58. The summed E-state index contributed by atoms with van der Waals surface area (Å²) in [5.41, 5.74) is 5.99. The van der Waals surface area contributed by atoms with Crippen molar-refractivity contribution in [3.05, 3.63) is 47.5 Å². The molecule has 0 saturated heterocycles. The molecule has 0 fully saturated rings. The van der Waals surface area contributed by atoms with Gasteiger partial charge in [0, 0.05) is 31.0 Å². The molecule has 3 heteroatoms. The summed E-state index contributed by atoms with van der Waals surface area (Å²) in [7, 11) is 1.94. The number of ether oxygens (including phenoxy) is 2. The van der Waals surface area contributed by atoms with Crippen LogP contribution in [0.2, 0.25) is 0 Å². The molecule has 1 N–H and O–H groups in total. The van der Waals surface area contributed by atoms with Crippen molar-refractivity contribution in [3.63, 3.8) is 0 Å². The first-order chi connectivity index (χ1) is 10.7. The van der Waals surface area contributed by atoms with Gasteiger partial charge in [-0.15, -0.1) is 0 Å². The third-order valence-electron chi connectivity index (χ3n) is 3.59. The molecular formula is C19H25NO2. The number of benzene rings is 2. The van der Waals surface area contributed by atoms with Crippen molar-refractivity contribution in [3.8, 4) is 16.9 Å². The second kappa shape index (κ2) is 7.85. The van der Waals surface area contributed by atoms with E-state index in [0.717, 1.165) is 18.0 Å². The summed E-state index contributed by atoms with van der Waals surface area (Å²) in [5, 5.41) is 3.29. The first-order valence-corrected chi connectivity index (χ1v) is 7.75. The predicted molar refractivity (Wildman–Crippen MR) is 92.9 cm³/mol. The molecule has 2 rings (SSSR count). The fraction of sp³-hybridized carbons (Fsp3) is 0.368. The molecule has 118 valence electrons. The molecule has 0 amide bonds. The molecule has 2 aromatic rings. The first-order valence-electron chi connectivity index (χ1n) is 7.75. The predicted octanol–water partition coefficient (Wildman–Crippen LogP) is 4.43. The van der Waals surface area contributed by atoms with Crippen LogP contribution in [0.5, 0.6) is 5.75 Å². The van der Waals surface area contributed by atoms with Crippen molar-refractivity contribution in [1.82, 2.24) is 0 Å². The number of aryl methyl sites for hydroxylation is 2. The summed E-state index contributed by atoms with van der Waals surface area (Å²) in [6, 6.07) is 12.7. The van der Waals surface area contributed by atoms with E-state index in [1.165, 1.54) is 22.3 Å². The first kappa shape index (κ1) is 16.4. The second-order valence-corrected chi connectivity index (χ2v) is 5.33. The van der Waals surface area contributed by atoms with E-state index in [1.807, 2.05) is 14.0 Å². The number of nitrogens with one attached hydrogen (secondary N) is 1. The van der Waals surface area contributed by atoms with Crippen LogP contribution in [-0.4, -0.2) is 26.9 Å². The van der Waals surface area contributed by atoms with Gasteiger partial charge in [0.2, 0.25) is 0 Å². The molecule has 0 saturated carbocycles. The lowest BCUT2D eigenvalue weighted by Gasteiger charge is -2.16. The minimum atomic E-state index is 0.570. The van der Waals surface area contributed by atoms with Crippen molar-refractivity contribution in [2.75, 3.05) is 32.2 Å². The van der Waals surface area contributed by atoms with E-state index in [1.54, 1.807) is 0 Å². The average molecular weight is 299 g/mol. The lowest BCUT2D eigenvalue weighted by molar-refractivity contribution is 0.110. The van der Waals surface area contributed by atoms with Gasteiger partial charge in [0.25, 0.3) is 0 Å². The van der Waals surface area contributed by atoms with Crippen LogP contribution in [0, 0.1) is 13.8 Å². The molecule has 2 aromatic carbocycles. The summed E-state index contributed by atoms with van der Waals surface area (Å²) in [6.07, 6.45) is 0. The van der Waals surface area contributed by atoms with Crippen LogP contribution < -0.4 is 10.1 Å². The van der Waals surface area contributed by atoms with E-state index < -0.39 is 0 Å². The fourth-order valence-electron chi connectivity index (χ4n) is 2.58. The van der Waals surface area contributed by atoms with Crippen LogP contribution in [0.3, 0.4) is 0 Å². The zero-order chi connectivity index (χ0) is 15.9. The molecule has 0 aliphatic rings. The largest absolute Gasteiger partial charge is 0.491 e. The van der Waals surface area contributed by atoms with E-state index in [9.17, 15) is 0 Å². The minimum Gasteiger partial charge on any atom is -0.491 e. The summed E-state index contributed by atoms with van der Waals surface area (Å²) < 4.78 is 11.1. The smallest absolute Gasteiger partial charge is 0.121 e. The third kappa shape index (κ3) is 4.01. The highest BCUT2D eigenvalue weighted by molar-refractivity contribution is 5.82. The zero-order valence-electron chi connectivity index (χ0n) is 13.9. The van der Waals surface area contributed by atoms with Crippen molar-refractivity contribution in [1.29, 1.82) is 0 Å². The van der Waals surface area contributed by atoms with Crippen LogP contribution in [-0.2, 0) is 4.74 Å². The van der Waals surface area contributed by atoms with Crippen molar-refractivity contribution < 1.29 is 9.47 Å². The van der Waals surface area contributed by atoms with E-state index in [4.69, 9.17) is 9.47 Å². The standard InChI is InChI=1S/C19H25NO2/c1-5-21-9-10-22-17-12-15(3)19(18(13-17)20-4)16-8-6-7-14(2)11-16/h6-8,11-13,20H,5,9-10H2,1-4H3. The molecule has 0 radical (unpaired) electrons. The molecule has 0 bridgehead atoms. The van der Waals surface area contributed by atoms with Gasteiger partial charge in [0.15, 0.2) is 0 Å². The molecule has 0 spiro atoms. The van der Waals surface area contributed by atoms with Gasteiger partial charge in [-0.05, 0) is 38.0 Å². The Balaban J connectivity index is 2.28. The lowest BCUT2D eigenvalue weighted by Crippen LogP contribution is -2.07. The molecule has 0 aliphatic heterocycles. The zero-order valence-corrected chi connectivity index (χ0v) is 13.9. The summed E-state index contributed by atoms with van der Waals surface area (Å²) >= 11 is 0. The van der Waals surface area contributed by atoms with E-state index in [0.29, 0.717) is 13.2 Å². The molecular weight excluding hydrogens is 274 g/mol. The SMILES string of the molecule is CCOCCOc1cc(C)c(-c2cccc(C)c2)c(NC)c1. The number of anilines is 1. The topological polar surface area (TPSA) is 30.5 Å². The maximum atomic E-state index is 5.78. The molecule has 3 nitrogen and oxygen atoms in total. The highest BCUT2D eigenvalue weighted by Crippen LogP contribution is 2.35. The van der Waals surface area contributed by atoms with E-state index >= 15 is 0 Å². The van der Waals surface area contributed by atoms with Crippen LogP contribution in [0.15, 0.2) is 36.4 Å². The van der Waals surface area contributed by atoms with Gasteiger partial charge in [-0.1, -0.05) is 29.8 Å². The van der Waals surface area contributed by atoms with Gasteiger partial charge in [-0.25, -0.2) is 0 Å². The molecule has 22 heavy (non-hydrogen) atoms. The summed E-state index contributed by atoms with van der Waals surface area (Å²) in [4.78, 5) is 0. The lowest BCUT2D eigenvalue weighted by atomic mass is 9.97. The van der Waals surface area contributed by atoms with E-state index in [-0.39, 0.29) is 0 Å². The Bertz CT molecular complexity index is 623. The van der Waals surface area contributed by atoms with Crippen molar-refractivity contribution >= 4 is 5.69 Å². The Morgan fingerprint density at radius 3 is 2.55 bits per heavy atom. The Labute approximate surface area is 133 Å². The Hall–Kier alpha value is -2.00. The van der Waals surface area contributed by atoms with Crippen molar-refractivity contribution in [2.24, 2.45) is 0 Å². The van der Waals surface area contributed by atoms with E-state index in [2.05, 4.69) is 55.6 Å². The third-order valence-corrected chi connectivity index (χ3v) is 3.59. The van der Waals surface area contributed by atoms with Crippen LogP contribution >= 0.6 is 0 Å². The van der Waals surface area contributed by atoms with Crippen LogP contribution in [0.4, 0.5) is 5.69 Å². The Morgan fingerprint density at radius 1 is 1.05 bits per heavy atom. The Morgan fingerprint density at radius 2 is 1.86 bits per heavy atom. The van der Waals surface area contributed by atoms with Crippen LogP contribution in [0.25, 0.3) is 11.1 Å². The summed E-state index contributed by atoms with van der Waals surface area (Å²) in [6.45, 7) is 8.12. The van der Waals surface area contributed by atoms with Gasteiger partial charge in [-0.3, -0.25) is 0 Å². The molecule has 0 unspecified atom stereocenters. The van der Waals surface area contributed by atoms with Gasteiger partial charge in [-0.2, -0.15) is 0 Å². The molecule has 0 aromatic heterocycles. The maximum Gasteiger partial charge on any atom is 0.121 e. The van der Waals surface area contributed by atoms with Crippen molar-refractivity contribution in [2.45, 2.75) is 20.8 Å². The average Bonchev–Trinajstić information content (AvgIpc) is 2.51. The molecule has 0 aliphatic carbocycles. The molecule has 0 atom stereocenters. The minimum absolute atomic E-state index is 0.570. The molecule has 0 heterocycles. The normalized spacial score (nSPS) is 10.5. The highest BCUT2D eigenvalue weighted by Gasteiger charge is 2.10. The number of hydrogen-bond acceptors (Lipinski definition) is 3. The number of hydrogen-bond donors (Lipinski definition) is 1. The maximum absolute atomic E-state index is 5.78. The van der Waals surface area contributed by atoms with Gasteiger partial charge < -0.3 is 14.8 Å². The second-order valence-electron chi connectivity index (χ2n) is 5.33. The summed E-state index contributed by atoms with van der Waals surface area (Å²) in [5.74, 6) is 0.873. The quantitative estimate of drug-likeness (QED) is 0.767. The van der Waals surface area contributed by atoms with Crippen LogP contribution in [0.1, 0.15) is 18.1 Å². The van der Waals surface area contributed by atoms with Gasteiger partial charge in [0.1, 0.15) is 12.4 Å².